The Bertz CT molecular complexity index is 1670. The Morgan fingerprint density at radius 1 is 1.06 bits per heavy atom. The van der Waals surface area contributed by atoms with Crippen molar-refractivity contribution in [1.29, 1.82) is 0 Å². The predicted octanol–water partition coefficient (Wildman–Crippen LogP) is 8.19. The van der Waals surface area contributed by atoms with Crippen LogP contribution >= 0.6 is 7.75 Å². The van der Waals surface area contributed by atoms with E-state index in [9.17, 15) is 18.9 Å². The van der Waals surface area contributed by atoms with Crippen molar-refractivity contribution in [2.45, 2.75) is 147 Å². The number of unbranched alkanes of at least 4 members (excludes halogenated alkanes) is 15. The molecule has 0 unspecified atom stereocenters. The number of carbonyl (C=O) groups excluding carboxylic acids is 1. The summed E-state index contributed by atoms with van der Waals surface area (Å²) in [5.41, 5.74) is 4.16. The summed E-state index contributed by atoms with van der Waals surface area (Å²) in [6, 6.07) is 7.18. The molecule has 2 aromatic heterocycles. The fourth-order valence-corrected chi connectivity index (χ4v) is 7.99. The molecule has 298 valence electrons. The number of para-hydroxylation sites is 1. The number of benzene rings is 1. The van der Waals surface area contributed by atoms with Crippen molar-refractivity contribution in [3.63, 3.8) is 0 Å². The van der Waals surface area contributed by atoms with Crippen molar-refractivity contribution in [3.8, 4) is 18.1 Å². The zero-order chi connectivity index (χ0) is 38.8. The van der Waals surface area contributed by atoms with Crippen LogP contribution in [-0.2, 0) is 23.4 Å². The van der Waals surface area contributed by atoms with E-state index in [1.165, 1.54) is 101 Å². The van der Waals surface area contributed by atoms with Gasteiger partial charge in [0.2, 0.25) is 0 Å². The first-order valence-corrected chi connectivity index (χ1v) is 21.1. The summed E-state index contributed by atoms with van der Waals surface area (Å²) in [6.07, 6.45) is 23.7. The summed E-state index contributed by atoms with van der Waals surface area (Å²) in [7, 11) is -4.34. The Morgan fingerprint density at radius 2 is 1.65 bits per heavy atom. The highest BCUT2D eigenvalue weighted by atomic mass is 31.2. The number of aliphatic hydroxyl groups is 1. The summed E-state index contributed by atoms with van der Waals surface area (Å²) < 4.78 is 52.6. The number of hydrogen-bond donors (Lipinski definition) is 3. The zero-order valence-electron chi connectivity index (χ0n) is 31.8. The van der Waals surface area contributed by atoms with Crippen molar-refractivity contribution < 1.29 is 37.4 Å². The van der Waals surface area contributed by atoms with Gasteiger partial charge in [0, 0.05) is 6.42 Å². The number of aliphatic hydroxyl groups excluding tert-OH is 1. The number of fused-ring (bicyclic) bond motifs is 1. The Kier molecular flexibility index (Phi) is 17.6. The molecular formula is C39H58FN6O7P. The largest absolute Gasteiger partial charge is 0.465 e. The van der Waals surface area contributed by atoms with Gasteiger partial charge >= 0.3 is 19.8 Å². The van der Waals surface area contributed by atoms with Gasteiger partial charge in [0.25, 0.3) is 0 Å². The van der Waals surface area contributed by atoms with E-state index < -0.39 is 50.4 Å². The number of rotatable bonds is 26. The third kappa shape index (κ3) is 13.0. The molecule has 0 saturated carbocycles. The lowest BCUT2D eigenvalue weighted by molar-refractivity contribution is -0.145. The Balaban J connectivity index is 1.21. The predicted molar refractivity (Wildman–Crippen MR) is 206 cm³/mol. The molecule has 0 bridgehead atoms. The van der Waals surface area contributed by atoms with Crippen molar-refractivity contribution >= 4 is 30.7 Å². The third-order valence-electron chi connectivity index (χ3n) is 9.65. The van der Waals surface area contributed by atoms with Crippen LogP contribution in [0.1, 0.15) is 129 Å². The number of carbonyl (C=O) groups is 1. The molecule has 54 heavy (non-hydrogen) atoms. The standard InChI is InChI=1S/C39H58FN6O7P/c1-4-6-7-8-9-10-11-12-13-14-15-16-17-18-19-23-26-50-37(48)30(3)45-54(49,53-31-24-21-20-22-25-31)51-28-39(5-2)32(47)27-33(52-39)46-29-42-34-35(41)43-38(40)44-36(34)46/h2,20-22,24-25,29-30,32-33,47H,4,6-19,23,26-28H2,1,3H3,(H,45,49)(H2,41,43,44)/t30-,32-,33+,39+,54+/m0/s1. The van der Waals surface area contributed by atoms with Gasteiger partial charge in [0.15, 0.2) is 22.6 Å². The zero-order valence-corrected chi connectivity index (χ0v) is 32.7. The van der Waals surface area contributed by atoms with Crippen molar-refractivity contribution in [2.24, 2.45) is 0 Å². The molecule has 1 aromatic carbocycles. The maximum atomic E-state index is 14.2. The van der Waals surface area contributed by atoms with E-state index in [0.29, 0.717) is 0 Å². The number of nitrogens with one attached hydrogen (secondary N) is 1. The van der Waals surface area contributed by atoms with Gasteiger partial charge < -0.3 is 24.8 Å². The first kappa shape index (κ1) is 43.1. The molecule has 5 atom stereocenters. The van der Waals surface area contributed by atoms with Crippen LogP contribution in [0.5, 0.6) is 5.75 Å². The van der Waals surface area contributed by atoms with Gasteiger partial charge in [-0.05, 0) is 25.5 Å². The van der Waals surface area contributed by atoms with Gasteiger partial charge in [-0.15, -0.1) is 6.42 Å². The van der Waals surface area contributed by atoms with Gasteiger partial charge in [-0.3, -0.25) is 13.9 Å². The van der Waals surface area contributed by atoms with Gasteiger partial charge in [0.1, 0.15) is 30.7 Å². The van der Waals surface area contributed by atoms with Gasteiger partial charge in [-0.25, -0.2) is 9.55 Å². The molecule has 1 saturated heterocycles. The topological polar surface area (TPSA) is 173 Å². The maximum absolute atomic E-state index is 14.2. The van der Waals surface area contributed by atoms with Crippen molar-refractivity contribution in [2.75, 3.05) is 18.9 Å². The van der Waals surface area contributed by atoms with Crippen LogP contribution in [0, 0.1) is 18.4 Å². The average Bonchev–Trinajstić information content (AvgIpc) is 3.73. The summed E-state index contributed by atoms with van der Waals surface area (Å²) >= 11 is 0. The van der Waals surface area contributed by atoms with Crippen LogP contribution in [0.25, 0.3) is 11.2 Å². The smallest absolute Gasteiger partial charge is 0.459 e. The second-order valence-electron chi connectivity index (χ2n) is 14.1. The van der Waals surface area contributed by atoms with E-state index >= 15 is 0 Å². The number of nitrogens with two attached hydrogens (primary N) is 1. The summed E-state index contributed by atoms with van der Waals surface area (Å²) in [5, 5.41) is 13.7. The van der Waals surface area contributed by atoms with Crippen LogP contribution < -0.4 is 15.3 Å². The first-order valence-electron chi connectivity index (χ1n) is 19.5. The molecule has 13 nitrogen and oxygen atoms in total. The van der Waals surface area contributed by atoms with Gasteiger partial charge in [0.05, 0.1) is 12.9 Å². The van der Waals surface area contributed by atoms with Crippen LogP contribution in [0.2, 0.25) is 0 Å². The van der Waals surface area contributed by atoms with E-state index in [1.54, 1.807) is 30.3 Å². The lowest BCUT2D eigenvalue weighted by Crippen LogP contribution is -2.43. The molecule has 4 rings (SSSR count). The molecule has 0 aliphatic carbocycles. The number of anilines is 1. The normalized spacial score (nSPS) is 20.1. The SMILES string of the molecule is C#C[C@]1(CO[P@](=O)(N[C@@H](C)C(=O)OCCCCCCCCCCCCCCCCCC)Oc2ccccc2)O[C@@H](n2cnc3c(N)nc(F)nc32)C[C@@H]1O. The number of nitrogen functional groups attached to an aromatic ring is 1. The lowest BCUT2D eigenvalue weighted by atomic mass is 9.99. The highest BCUT2D eigenvalue weighted by Crippen LogP contribution is 2.48. The molecule has 15 heteroatoms. The number of esters is 1. The van der Waals surface area contributed by atoms with Crippen molar-refractivity contribution in [3.05, 3.63) is 42.7 Å². The van der Waals surface area contributed by atoms with E-state index in [-0.39, 0.29) is 35.8 Å². The minimum Gasteiger partial charge on any atom is -0.465 e. The molecule has 3 heterocycles. The Morgan fingerprint density at radius 3 is 2.24 bits per heavy atom. The second kappa shape index (κ2) is 22.1. The van der Waals surface area contributed by atoms with E-state index in [2.05, 4.69) is 32.9 Å². The van der Waals surface area contributed by atoms with Crippen molar-refractivity contribution in [1.82, 2.24) is 24.6 Å². The first-order chi connectivity index (χ1) is 26.1. The highest BCUT2D eigenvalue weighted by Gasteiger charge is 2.50. The monoisotopic (exact) mass is 772 g/mol. The molecule has 4 N–H and O–H groups in total. The summed E-state index contributed by atoms with van der Waals surface area (Å²) in [5.74, 6) is 1.83. The van der Waals surface area contributed by atoms with Gasteiger partial charge in [-0.1, -0.05) is 127 Å². The summed E-state index contributed by atoms with van der Waals surface area (Å²) in [4.78, 5) is 24.3. The number of terminal acetylenes is 1. The van der Waals surface area contributed by atoms with E-state index in [0.717, 1.165) is 19.3 Å². The molecule has 0 spiro atoms. The second-order valence-corrected chi connectivity index (χ2v) is 15.8. The van der Waals surface area contributed by atoms with Crippen LogP contribution in [-0.4, -0.2) is 61.6 Å². The number of halogens is 1. The molecule has 0 amide bonds. The minimum atomic E-state index is -4.34. The van der Waals surface area contributed by atoms with E-state index in [1.807, 2.05) is 0 Å². The molecule has 0 radical (unpaired) electrons. The Hall–Kier alpha value is -3.60. The number of imidazole rings is 1. The quantitative estimate of drug-likeness (QED) is 0.0235. The van der Waals surface area contributed by atoms with Crippen LogP contribution in [0.4, 0.5) is 10.2 Å². The molecule has 1 fully saturated rings. The summed E-state index contributed by atoms with van der Waals surface area (Å²) in [6.45, 7) is 3.38. The van der Waals surface area contributed by atoms with Crippen LogP contribution in [0.3, 0.4) is 0 Å². The molecular weight excluding hydrogens is 714 g/mol. The number of hydrogen-bond acceptors (Lipinski definition) is 11. The fourth-order valence-electron chi connectivity index (χ4n) is 6.47. The maximum Gasteiger partial charge on any atom is 0.459 e. The molecule has 1 aliphatic heterocycles. The number of nitrogens with zero attached hydrogens (tertiary/aromatic N) is 4. The fraction of sp³-hybridized carbons (Fsp3) is 0.641. The van der Waals surface area contributed by atoms with Crippen LogP contribution in [0.15, 0.2) is 36.7 Å². The third-order valence-corrected chi connectivity index (χ3v) is 11.3. The highest BCUT2D eigenvalue weighted by molar-refractivity contribution is 7.52. The Labute approximate surface area is 318 Å². The minimum absolute atomic E-state index is 0.0395. The van der Waals surface area contributed by atoms with E-state index in [4.69, 9.17) is 30.7 Å². The number of aromatic nitrogens is 4. The molecule has 3 aromatic rings. The molecule has 1 aliphatic rings. The average molecular weight is 773 g/mol. The lowest BCUT2D eigenvalue weighted by Gasteiger charge is -2.29. The number of ether oxygens (including phenoxy) is 2. The van der Waals surface area contributed by atoms with Gasteiger partial charge in [-0.2, -0.15) is 19.4 Å².